The van der Waals surface area contributed by atoms with Crippen LogP contribution in [-0.4, -0.2) is 48.1 Å². The zero-order valence-corrected chi connectivity index (χ0v) is 30.4. The van der Waals surface area contributed by atoms with Crippen molar-refractivity contribution in [3.63, 3.8) is 0 Å². The van der Waals surface area contributed by atoms with Crippen molar-refractivity contribution in [2.75, 3.05) is 13.2 Å². The molecule has 0 aliphatic heterocycles. The highest BCUT2D eigenvalue weighted by molar-refractivity contribution is 5.88. The Bertz CT molecular complexity index is 1300. The fraction of sp³-hybridized carbons (Fsp3) is 0.800. The van der Waals surface area contributed by atoms with E-state index in [9.17, 15) is 19.2 Å². The molecule has 0 spiro atoms. The molecule has 5 unspecified atom stereocenters. The van der Waals surface area contributed by atoms with Crippen LogP contribution in [0, 0.1) is 63.6 Å². The van der Waals surface area contributed by atoms with Gasteiger partial charge in [0, 0.05) is 17.0 Å². The number of aliphatic carboxylic acids is 1. The molecule has 6 aliphatic carbocycles. The summed E-state index contributed by atoms with van der Waals surface area (Å²) in [5.41, 5.74) is 0.800. The largest absolute Gasteiger partial charge is 0.480 e. The summed E-state index contributed by atoms with van der Waals surface area (Å²) in [6.07, 6.45) is 23.3. The third-order valence-corrected chi connectivity index (χ3v) is 14.3. The van der Waals surface area contributed by atoms with Gasteiger partial charge in [-0.3, -0.25) is 14.4 Å². The number of Topliss-reactive ketones (excluding diaryl/α,β-unsaturated/α-hetero) is 1. The number of fused-ring (bicyclic) bond motifs is 6. The summed E-state index contributed by atoms with van der Waals surface area (Å²) in [6, 6.07) is -0.842. The normalized spacial score (nSPS) is 39.9. The van der Waals surface area contributed by atoms with E-state index in [-0.39, 0.29) is 23.6 Å². The minimum absolute atomic E-state index is 0. The number of carbonyl (C=O) groups is 4. The van der Waals surface area contributed by atoms with Crippen LogP contribution in [0.2, 0.25) is 0 Å². The summed E-state index contributed by atoms with van der Waals surface area (Å²) in [5.74, 6) is 4.01. The summed E-state index contributed by atoms with van der Waals surface area (Å²) >= 11 is 0. The Labute approximate surface area is 294 Å². The number of alkyl carbamates (subject to hydrolysis) is 1. The molecule has 8 nitrogen and oxygen atoms in total. The fourth-order valence-corrected chi connectivity index (χ4v) is 11.6. The lowest BCUT2D eigenvalue weighted by molar-refractivity contribution is -0.138. The van der Waals surface area contributed by atoms with Crippen LogP contribution >= 0.6 is 0 Å². The molecule has 0 aromatic carbocycles. The number of carboxylic acid groups (broad SMARTS) is 1. The lowest BCUT2D eigenvalue weighted by atomic mass is 9.44. The van der Waals surface area contributed by atoms with Crippen LogP contribution in [0.25, 0.3) is 0 Å². The number of carbonyl (C=O) groups excluding carboxylic acids is 3. The van der Waals surface area contributed by atoms with Gasteiger partial charge in [-0.1, -0.05) is 71.8 Å². The molecule has 0 saturated heterocycles. The zero-order chi connectivity index (χ0) is 34.9. The van der Waals surface area contributed by atoms with Crippen LogP contribution in [0.5, 0.6) is 0 Å². The van der Waals surface area contributed by atoms with Gasteiger partial charge in [-0.15, -0.1) is 0 Å². The first-order chi connectivity index (χ1) is 22.7. The molecule has 0 radical (unpaired) electrons. The second kappa shape index (κ2) is 14.7. The van der Waals surface area contributed by atoms with Crippen molar-refractivity contribution < 1.29 is 34.7 Å². The van der Waals surface area contributed by atoms with Crippen LogP contribution in [0.3, 0.4) is 0 Å². The fourth-order valence-electron chi connectivity index (χ4n) is 11.6. The molecule has 5 fully saturated rings. The van der Waals surface area contributed by atoms with Crippen molar-refractivity contribution in [3.05, 3.63) is 24.3 Å². The van der Waals surface area contributed by atoms with Crippen LogP contribution in [0.15, 0.2) is 24.3 Å². The van der Waals surface area contributed by atoms with Crippen LogP contribution in [0.1, 0.15) is 124 Å². The third-order valence-electron chi connectivity index (χ3n) is 14.3. The van der Waals surface area contributed by atoms with E-state index in [1.165, 1.54) is 57.8 Å². The number of allylic oxidation sites excluding steroid dienone is 3. The molecular weight excluding hydrogens is 604 g/mol. The number of ketones is 1. The lowest BCUT2D eigenvalue weighted by Crippen LogP contribution is -2.53. The average Bonchev–Trinajstić information content (AvgIpc) is 3.63. The van der Waals surface area contributed by atoms with Gasteiger partial charge in [-0.2, -0.15) is 0 Å². The molecule has 0 bridgehead atoms. The van der Waals surface area contributed by atoms with E-state index in [1.54, 1.807) is 13.8 Å². The minimum Gasteiger partial charge on any atom is -0.480 e. The molecule has 0 aromatic heterocycles. The molecule has 0 heterocycles. The monoisotopic (exact) mass is 675 g/mol. The first-order valence-corrected chi connectivity index (χ1v) is 19.0. The molecule has 6 rings (SSSR count). The third kappa shape index (κ3) is 7.28. The van der Waals surface area contributed by atoms with Crippen molar-refractivity contribution in [1.29, 1.82) is 0 Å². The molecule has 11 atom stereocenters. The van der Waals surface area contributed by atoms with E-state index >= 15 is 0 Å². The van der Waals surface area contributed by atoms with Crippen molar-refractivity contribution >= 4 is 23.8 Å². The average molecular weight is 675 g/mol. The Balaban J connectivity index is 0.000000483. The van der Waals surface area contributed by atoms with Crippen molar-refractivity contribution in [3.8, 4) is 0 Å². The first kappa shape index (κ1) is 36.6. The van der Waals surface area contributed by atoms with E-state index in [1.807, 2.05) is 19.1 Å². The van der Waals surface area contributed by atoms with E-state index in [0.717, 1.165) is 48.9 Å². The summed E-state index contributed by atoms with van der Waals surface area (Å²) in [7, 11) is 0. The molecule has 2 amide bonds. The maximum atomic E-state index is 12.2. The topological polar surface area (TPSA) is 122 Å². The number of ether oxygens (including phenoxy) is 1. The second-order valence-corrected chi connectivity index (χ2v) is 17.4. The van der Waals surface area contributed by atoms with E-state index < -0.39 is 30.6 Å². The standard InChI is InChI=1S/C22H36O.C18H26N2O5.4H2/c1-14-9-11-21(3)16(13-14)5-6-17-19-8-7-18(15(2)23)22(19,4)12-10-20(17)21;1-12(2)15(16(23)19-10-14(21)22)20-17(24)25-11-18-8-4-3-6-13(18)7-5-9-18;;;;/h14,16-20H,5-13H2,1-4H3;3-4,6,8,12-13,15H,5,7,9-11H2,1-2H3,(H,19,23)(H,20,24)(H,21,22);4*1H/t14-,16?,17-,18+,19?,20?,21-,22+;13?,15-,18?;;;;/m00..../s1. The van der Waals surface area contributed by atoms with Gasteiger partial charge in [0.15, 0.2) is 0 Å². The summed E-state index contributed by atoms with van der Waals surface area (Å²) in [6.45, 7) is 12.8. The Morgan fingerprint density at radius 1 is 0.938 bits per heavy atom. The van der Waals surface area contributed by atoms with Crippen molar-refractivity contribution in [1.82, 2.24) is 10.6 Å². The van der Waals surface area contributed by atoms with E-state index in [2.05, 4.69) is 43.6 Å². The van der Waals surface area contributed by atoms with Crippen molar-refractivity contribution in [2.24, 2.45) is 63.6 Å². The first-order valence-electron chi connectivity index (χ1n) is 19.0. The second-order valence-electron chi connectivity index (χ2n) is 17.4. The van der Waals surface area contributed by atoms with Crippen LogP contribution < -0.4 is 10.6 Å². The van der Waals surface area contributed by atoms with Gasteiger partial charge < -0.3 is 20.5 Å². The number of carboxylic acids is 1. The van der Waals surface area contributed by atoms with E-state index in [4.69, 9.17) is 9.84 Å². The van der Waals surface area contributed by atoms with Crippen molar-refractivity contribution in [2.45, 2.75) is 125 Å². The molecule has 8 heteroatoms. The molecule has 3 N–H and O–H groups in total. The molecule has 276 valence electrons. The Morgan fingerprint density at radius 2 is 1.67 bits per heavy atom. The summed E-state index contributed by atoms with van der Waals surface area (Å²) < 4.78 is 5.41. The lowest BCUT2D eigenvalue weighted by Gasteiger charge is -2.61. The van der Waals surface area contributed by atoms with Gasteiger partial charge in [0.1, 0.15) is 25.0 Å². The molecule has 48 heavy (non-hydrogen) atoms. The number of amides is 2. The molecular formula is C40H70N2O6. The highest BCUT2D eigenvalue weighted by Gasteiger charge is 2.60. The smallest absolute Gasteiger partial charge is 0.407 e. The molecule has 5 saturated carbocycles. The number of rotatable bonds is 8. The van der Waals surface area contributed by atoms with Gasteiger partial charge >= 0.3 is 12.1 Å². The van der Waals surface area contributed by atoms with Gasteiger partial charge in [-0.25, -0.2) is 4.79 Å². The van der Waals surface area contributed by atoms with Crippen LogP contribution in [-0.2, 0) is 19.1 Å². The summed E-state index contributed by atoms with van der Waals surface area (Å²) in [5, 5.41) is 13.5. The Kier molecular flexibility index (Phi) is 11.2. The number of nitrogens with one attached hydrogen (secondary N) is 2. The highest BCUT2D eigenvalue weighted by atomic mass is 16.5. The maximum absolute atomic E-state index is 12.2. The van der Waals surface area contributed by atoms with Gasteiger partial charge in [-0.05, 0) is 123 Å². The predicted molar refractivity (Wildman–Crippen MR) is 195 cm³/mol. The van der Waals surface area contributed by atoms with Gasteiger partial charge in [0.25, 0.3) is 0 Å². The summed E-state index contributed by atoms with van der Waals surface area (Å²) in [4.78, 5) is 47.0. The molecule has 6 aliphatic rings. The van der Waals surface area contributed by atoms with Crippen LogP contribution in [0.4, 0.5) is 4.79 Å². The van der Waals surface area contributed by atoms with Gasteiger partial charge in [0.05, 0.1) is 0 Å². The van der Waals surface area contributed by atoms with Gasteiger partial charge in [0.2, 0.25) is 5.91 Å². The van der Waals surface area contributed by atoms with E-state index in [0.29, 0.717) is 28.4 Å². The predicted octanol–water partition coefficient (Wildman–Crippen LogP) is 8.70. The number of hydrogen-bond acceptors (Lipinski definition) is 5. The Hall–Kier alpha value is -2.64. The highest BCUT2D eigenvalue weighted by Crippen LogP contribution is 2.67. The minimum atomic E-state index is -1.14. The zero-order valence-electron chi connectivity index (χ0n) is 30.4. The quantitative estimate of drug-likeness (QED) is 0.237. The Morgan fingerprint density at radius 3 is 2.38 bits per heavy atom. The maximum Gasteiger partial charge on any atom is 0.407 e. The SMILES string of the molecule is CC(=O)[C@H]1CCC2[C@@H]3CCC4C[C@@H](C)CC[C@]4(C)C3CC[C@@]21C.CC(C)[C@H](NC(=O)OCC12C=CC=CC1CCC2)C(=O)NCC(=O)O.[HH].[HH].[HH].[HH]. The molecule has 0 aromatic rings. The number of hydrogen-bond donors (Lipinski definition) is 3.